The van der Waals surface area contributed by atoms with Crippen LogP contribution in [-0.4, -0.2) is 17.7 Å². The average Bonchev–Trinajstić information content (AvgIpc) is 2.73. The molecule has 7 heteroatoms. The largest absolute Gasteiger partial charge is 0.326 e. The van der Waals surface area contributed by atoms with Crippen molar-refractivity contribution >= 4 is 39.3 Å². The van der Waals surface area contributed by atoms with Gasteiger partial charge in [-0.2, -0.15) is 0 Å². The summed E-state index contributed by atoms with van der Waals surface area (Å²) in [5.74, 6) is -0.725. The van der Waals surface area contributed by atoms with Crippen molar-refractivity contribution in [2.75, 3.05) is 5.32 Å². The summed E-state index contributed by atoms with van der Waals surface area (Å²) < 4.78 is 0.865. The van der Waals surface area contributed by atoms with Gasteiger partial charge in [0.2, 0.25) is 5.91 Å². The van der Waals surface area contributed by atoms with E-state index in [2.05, 4.69) is 32.1 Å². The van der Waals surface area contributed by atoms with Gasteiger partial charge in [-0.3, -0.25) is 25.2 Å². The first-order chi connectivity index (χ1) is 13.5. The van der Waals surface area contributed by atoms with Gasteiger partial charge in [0.05, 0.1) is 0 Å². The zero-order chi connectivity index (χ0) is 19.9. The van der Waals surface area contributed by atoms with Crippen LogP contribution in [0.3, 0.4) is 0 Å². The van der Waals surface area contributed by atoms with Crippen LogP contribution in [0.25, 0.3) is 0 Å². The summed E-state index contributed by atoms with van der Waals surface area (Å²) in [7, 11) is 0. The van der Waals surface area contributed by atoms with Crippen molar-refractivity contribution in [2.45, 2.75) is 32.1 Å². The molecule has 0 unspecified atom stereocenters. The molecule has 28 heavy (non-hydrogen) atoms. The number of hydrogen-bond donors (Lipinski definition) is 3. The van der Waals surface area contributed by atoms with E-state index in [4.69, 9.17) is 0 Å². The summed E-state index contributed by atoms with van der Waals surface area (Å²) >= 11 is 3.30. The minimum Gasteiger partial charge on any atom is -0.326 e. The van der Waals surface area contributed by atoms with Crippen molar-refractivity contribution in [3.8, 4) is 0 Å². The van der Waals surface area contributed by atoms with E-state index in [0.717, 1.165) is 30.2 Å². The van der Waals surface area contributed by atoms with E-state index in [-0.39, 0.29) is 11.8 Å². The van der Waals surface area contributed by atoms with Crippen LogP contribution in [0.15, 0.2) is 53.0 Å². The molecule has 0 aliphatic heterocycles. The molecule has 3 rings (SSSR count). The average molecular weight is 444 g/mol. The Labute approximate surface area is 172 Å². The van der Waals surface area contributed by atoms with Gasteiger partial charge >= 0.3 is 0 Å². The highest BCUT2D eigenvalue weighted by molar-refractivity contribution is 9.10. The monoisotopic (exact) mass is 443 g/mol. The Morgan fingerprint density at radius 3 is 1.79 bits per heavy atom. The highest BCUT2D eigenvalue weighted by Crippen LogP contribution is 2.25. The van der Waals surface area contributed by atoms with Crippen molar-refractivity contribution in [3.63, 3.8) is 0 Å². The number of amides is 3. The lowest BCUT2D eigenvalue weighted by atomic mass is 9.88. The molecule has 2 aromatic rings. The Morgan fingerprint density at radius 2 is 1.25 bits per heavy atom. The second kappa shape index (κ2) is 9.50. The Bertz CT molecular complexity index is 844. The molecular weight excluding hydrogens is 422 g/mol. The molecule has 0 radical (unpaired) electrons. The molecule has 0 spiro atoms. The van der Waals surface area contributed by atoms with Crippen molar-refractivity contribution in [1.82, 2.24) is 10.9 Å². The lowest BCUT2D eigenvalue weighted by molar-refractivity contribution is -0.120. The lowest BCUT2D eigenvalue weighted by Gasteiger charge is -2.20. The molecule has 1 aliphatic carbocycles. The standard InChI is InChI=1S/C21H22BrN3O3/c22-17-10-6-15(7-11-17)20(27)24-25-21(28)16-8-12-18(13-9-16)23-19(26)14-4-2-1-3-5-14/h6-14H,1-5H2,(H,23,26)(H,24,27)(H,25,28). The summed E-state index contributed by atoms with van der Waals surface area (Å²) in [5, 5.41) is 2.91. The zero-order valence-electron chi connectivity index (χ0n) is 15.3. The molecule has 6 nitrogen and oxygen atoms in total. The highest BCUT2D eigenvalue weighted by Gasteiger charge is 2.21. The molecule has 1 aliphatic rings. The predicted molar refractivity (Wildman–Crippen MR) is 111 cm³/mol. The molecule has 0 bridgehead atoms. The van der Waals surface area contributed by atoms with Gasteiger partial charge in [-0.25, -0.2) is 0 Å². The molecule has 0 aromatic heterocycles. The van der Waals surface area contributed by atoms with E-state index in [1.54, 1.807) is 48.5 Å². The number of hydrazine groups is 1. The molecule has 146 valence electrons. The molecule has 2 aromatic carbocycles. The molecular formula is C21H22BrN3O3. The number of hydrogen-bond acceptors (Lipinski definition) is 3. The number of anilines is 1. The number of halogens is 1. The molecule has 0 atom stereocenters. The highest BCUT2D eigenvalue weighted by atomic mass is 79.9. The molecule has 3 N–H and O–H groups in total. The quantitative estimate of drug-likeness (QED) is 0.622. The van der Waals surface area contributed by atoms with Gasteiger partial charge < -0.3 is 5.32 Å². The van der Waals surface area contributed by atoms with Crippen LogP contribution in [0.4, 0.5) is 5.69 Å². The third-order valence-electron chi connectivity index (χ3n) is 4.79. The zero-order valence-corrected chi connectivity index (χ0v) is 16.9. The van der Waals surface area contributed by atoms with Gasteiger partial charge in [-0.05, 0) is 61.4 Å². The van der Waals surface area contributed by atoms with E-state index >= 15 is 0 Å². The van der Waals surface area contributed by atoms with Crippen molar-refractivity contribution in [3.05, 3.63) is 64.1 Å². The third-order valence-corrected chi connectivity index (χ3v) is 5.32. The van der Waals surface area contributed by atoms with Crippen molar-refractivity contribution in [1.29, 1.82) is 0 Å². The number of carbonyl (C=O) groups is 3. The van der Waals surface area contributed by atoms with Crippen LogP contribution < -0.4 is 16.2 Å². The molecule has 1 saturated carbocycles. The fourth-order valence-corrected chi connectivity index (χ4v) is 3.44. The summed E-state index contributed by atoms with van der Waals surface area (Å²) in [6.45, 7) is 0. The summed E-state index contributed by atoms with van der Waals surface area (Å²) in [5.41, 5.74) is 6.24. The number of carbonyl (C=O) groups excluding carboxylic acids is 3. The summed E-state index contributed by atoms with van der Waals surface area (Å²) in [6.07, 6.45) is 5.27. The number of benzene rings is 2. The first kappa shape index (κ1) is 20.1. The van der Waals surface area contributed by atoms with Gasteiger partial charge in [0, 0.05) is 27.2 Å². The number of nitrogens with one attached hydrogen (secondary N) is 3. The fraction of sp³-hybridized carbons (Fsp3) is 0.286. The van der Waals surface area contributed by atoms with Crippen LogP contribution >= 0.6 is 15.9 Å². The van der Waals surface area contributed by atoms with E-state index in [1.807, 2.05) is 0 Å². The van der Waals surface area contributed by atoms with Crippen molar-refractivity contribution < 1.29 is 14.4 Å². The van der Waals surface area contributed by atoms with Gasteiger partial charge in [-0.1, -0.05) is 35.2 Å². The SMILES string of the molecule is O=C(NNC(=O)c1ccc(NC(=O)C2CCCCC2)cc1)c1ccc(Br)cc1. The topological polar surface area (TPSA) is 87.3 Å². The van der Waals surface area contributed by atoms with Crippen LogP contribution in [-0.2, 0) is 4.79 Å². The Morgan fingerprint density at radius 1 is 0.750 bits per heavy atom. The Kier molecular flexibility index (Phi) is 6.81. The molecule has 1 fully saturated rings. The van der Waals surface area contributed by atoms with Crippen LogP contribution in [0.5, 0.6) is 0 Å². The maximum Gasteiger partial charge on any atom is 0.269 e. The predicted octanol–water partition coefficient (Wildman–Crippen LogP) is 4.04. The normalized spacial score (nSPS) is 14.2. The first-order valence-electron chi connectivity index (χ1n) is 9.30. The maximum absolute atomic E-state index is 12.3. The Hall–Kier alpha value is -2.67. The fourth-order valence-electron chi connectivity index (χ4n) is 3.17. The Balaban J connectivity index is 1.51. The minimum atomic E-state index is -0.435. The minimum absolute atomic E-state index is 0.0404. The van der Waals surface area contributed by atoms with Crippen LogP contribution in [0.1, 0.15) is 52.8 Å². The van der Waals surface area contributed by atoms with Gasteiger partial charge in [-0.15, -0.1) is 0 Å². The van der Waals surface area contributed by atoms with Gasteiger partial charge in [0.25, 0.3) is 11.8 Å². The van der Waals surface area contributed by atoms with E-state index in [0.29, 0.717) is 16.8 Å². The lowest BCUT2D eigenvalue weighted by Crippen LogP contribution is -2.41. The van der Waals surface area contributed by atoms with Gasteiger partial charge in [0.15, 0.2) is 0 Å². The number of rotatable bonds is 4. The maximum atomic E-state index is 12.3. The second-order valence-corrected chi connectivity index (χ2v) is 7.73. The van der Waals surface area contributed by atoms with Crippen molar-refractivity contribution in [2.24, 2.45) is 5.92 Å². The molecule has 3 amide bonds. The van der Waals surface area contributed by atoms with E-state index in [1.165, 1.54) is 6.42 Å². The smallest absolute Gasteiger partial charge is 0.269 e. The second-order valence-electron chi connectivity index (χ2n) is 6.82. The molecule has 0 heterocycles. The third kappa shape index (κ3) is 5.42. The van der Waals surface area contributed by atoms with E-state index < -0.39 is 11.8 Å². The van der Waals surface area contributed by atoms with Crippen LogP contribution in [0.2, 0.25) is 0 Å². The summed E-state index contributed by atoms with van der Waals surface area (Å²) in [6, 6.07) is 13.4. The van der Waals surface area contributed by atoms with Gasteiger partial charge in [0.1, 0.15) is 0 Å². The first-order valence-corrected chi connectivity index (χ1v) is 10.1. The van der Waals surface area contributed by atoms with Crippen LogP contribution in [0, 0.1) is 5.92 Å². The summed E-state index contributed by atoms with van der Waals surface area (Å²) in [4.78, 5) is 36.5. The molecule has 0 saturated heterocycles. The van der Waals surface area contributed by atoms with E-state index in [9.17, 15) is 14.4 Å².